The first-order valence-electron chi connectivity index (χ1n) is 5.69. The Morgan fingerprint density at radius 1 is 1.53 bits per heavy atom. The summed E-state index contributed by atoms with van der Waals surface area (Å²) in [5, 5.41) is 4.19. The molecule has 1 aromatic rings. The highest BCUT2D eigenvalue weighted by atomic mass is 32.2. The van der Waals surface area contributed by atoms with E-state index in [2.05, 4.69) is 24.4 Å². The number of aryl methyl sites for hydroxylation is 1. The van der Waals surface area contributed by atoms with Gasteiger partial charge in [-0.2, -0.15) is 16.9 Å². The van der Waals surface area contributed by atoms with Crippen LogP contribution < -0.4 is 16.0 Å². The van der Waals surface area contributed by atoms with Crippen LogP contribution in [0.15, 0.2) is 6.20 Å². The average Bonchev–Trinajstić information content (AvgIpc) is 2.66. The molecule has 0 aliphatic heterocycles. The Morgan fingerprint density at radius 3 is 2.76 bits per heavy atom. The summed E-state index contributed by atoms with van der Waals surface area (Å²) in [6, 6.07) is 0.0567. The van der Waals surface area contributed by atoms with Crippen molar-refractivity contribution in [3.05, 3.63) is 11.9 Å². The Morgan fingerprint density at radius 2 is 2.24 bits per heavy atom. The summed E-state index contributed by atoms with van der Waals surface area (Å²) in [7, 11) is 3.55. The van der Waals surface area contributed by atoms with Gasteiger partial charge in [0.05, 0.1) is 25.0 Å². The van der Waals surface area contributed by atoms with Gasteiger partial charge in [-0.25, -0.2) is 0 Å². The Hall–Kier alpha value is -0.720. The molecule has 1 heterocycles. The molecule has 1 aromatic heterocycles. The first kappa shape index (κ1) is 14.3. The molecule has 0 fully saturated rings. The maximum Gasteiger partial charge on any atom is 0.161 e. The zero-order chi connectivity index (χ0) is 12.8. The molecule has 0 saturated carbocycles. The van der Waals surface area contributed by atoms with E-state index in [0.29, 0.717) is 5.92 Å². The van der Waals surface area contributed by atoms with Crippen LogP contribution in [0.5, 0.6) is 5.75 Å². The molecule has 0 aliphatic rings. The molecular formula is C11H22N4OS. The third kappa shape index (κ3) is 3.90. The molecule has 0 saturated heterocycles. The number of thioether (sulfide) groups is 1. The minimum atomic E-state index is 0.0567. The average molecular weight is 258 g/mol. The Kier molecular flexibility index (Phi) is 5.80. The van der Waals surface area contributed by atoms with E-state index in [0.717, 1.165) is 22.9 Å². The number of hydrogen-bond donors (Lipinski definition) is 2. The number of aromatic nitrogens is 2. The van der Waals surface area contributed by atoms with E-state index in [9.17, 15) is 0 Å². The molecule has 0 radical (unpaired) electrons. The number of hydrogen-bond acceptors (Lipinski definition) is 5. The lowest BCUT2D eigenvalue weighted by Crippen LogP contribution is -2.31. The predicted octanol–water partition coefficient (Wildman–Crippen LogP) is 1.32. The van der Waals surface area contributed by atoms with E-state index in [1.807, 2.05) is 18.8 Å². The van der Waals surface area contributed by atoms with Gasteiger partial charge in [0.2, 0.25) is 0 Å². The first-order chi connectivity index (χ1) is 8.10. The molecule has 0 spiro atoms. The van der Waals surface area contributed by atoms with Crippen LogP contribution in [0, 0.1) is 5.92 Å². The van der Waals surface area contributed by atoms with Gasteiger partial charge in [-0.05, 0) is 11.7 Å². The maximum atomic E-state index is 5.61. The first-order valence-corrected chi connectivity index (χ1v) is 6.85. The predicted molar refractivity (Wildman–Crippen MR) is 72.0 cm³/mol. The molecule has 5 nitrogen and oxygen atoms in total. The van der Waals surface area contributed by atoms with E-state index in [1.54, 1.807) is 18.0 Å². The van der Waals surface area contributed by atoms with E-state index in [-0.39, 0.29) is 6.04 Å². The van der Waals surface area contributed by atoms with Gasteiger partial charge < -0.3 is 4.74 Å². The lowest BCUT2D eigenvalue weighted by Gasteiger charge is -2.17. The number of methoxy groups -OCH3 is 1. The van der Waals surface area contributed by atoms with E-state index >= 15 is 0 Å². The van der Waals surface area contributed by atoms with Gasteiger partial charge in [0.25, 0.3) is 0 Å². The van der Waals surface area contributed by atoms with Gasteiger partial charge in [0, 0.05) is 12.8 Å². The molecule has 0 aliphatic carbocycles. The van der Waals surface area contributed by atoms with Crippen LogP contribution >= 0.6 is 11.8 Å². The van der Waals surface area contributed by atoms with Crippen molar-refractivity contribution in [3.8, 4) is 5.75 Å². The van der Waals surface area contributed by atoms with Crippen LogP contribution in [0.25, 0.3) is 0 Å². The Balaban J connectivity index is 2.68. The SMILES string of the molecule is COc1cnn(C)c1C(CSCC(C)C)NN. The smallest absolute Gasteiger partial charge is 0.161 e. The number of nitrogens with one attached hydrogen (secondary N) is 1. The third-order valence-corrected chi connectivity index (χ3v) is 3.91. The highest BCUT2D eigenvalue weighted by molar-refractivity contribution is 7.99. The van der Waals surface area contributed by atoms with Gasteiger partial charge in [0.1, 0.15) is 0 Å². The van der Waals surface area contributed by atoms with Crippen LogP contribution in [-0.4, -0.2) is 28.4 Å². The Bertz CT molecular complexity index is 340. The molecule has 6 heteroatoms. The summed E-state index contributed by atoms with van der Waals surface area (Å²) < 4.78 is 7.09. The number of rotatable bonds is 7. The van der Waals surface area contributed by atoms with Crippen molar-refractivity contribution in [3.63, 3.8) is 0 Å². The summed E-state index contributed by atoms with van der Waals surface area (Å²) in [5.74, 6) is 9.11. The van der Waals surface area contributed by atoms with Crippen molar-refractivity contribution in [2.24, 2.45) is 18.8 Å². The molecule has 17 heavy (non-hydrogen) atoms. The molecular weight excluding hydrogens is 236 g/mol. The second-order valence-corrected chi connectivity index (χ2v) is 5.45. The standard InChI is InChI=1S/C11H22N4OS/c1-8(2)6-17-7-9(14-12)11-10(16-4)5-13-15(11)3/h5,8-9,14H,6-7,12H2,1-4H3. The topological polar surface area (TPSA) is 65.1 Å². The van der Waals surface area contributed by atoms with Crippen LogP contribution in [0.4, 0.5) is 0 Å². The van der Waals surface area contributed by atoms with E-state index < -0.39 is 0 Å². The molecule has 0 bridgehead atoms. The lowest BCUT2D eigenvalue weighted by atomic mass is 10.2. The summed E-state index contributed by atoms with van der Waals surface area (Å²) in [4.78, 5) is 0. The second kappa shape index (κ2) is 6.88. The molecule has 0 aromatic carbocycles. The normalized spacial score (nSPS) is 13.1. The second-order valence-electron chi connectivity index (χ2n) is 4.37. The molecule has 1 atom stereocenters. The summed E-state index contributed by atoms with van der Waals surface area (Å²) in [6.07, 6.45) is 1.72. The van der Waals surface area contributed by atoms with Crippen molar-refractivity contribution >= 4 is 11.8 Å². The van der Waals surface area contributed by atoms with Crippen molar-refractivity contribution in [1.82, 2.24) is 15.2 Å². The molecule has 98 valence electrons. The minimum Gasteiger partial charge on any atom is -0.493 e. The van der Waals surface area contributed by atoms with E-state index in [1.165, 1.54) is 0 Å². The largest absolute Gasteiger partial charge is 0.493 e. The van der Waals surface area contributed by atoms with Crippen molar-refractivity contribution in [1.29, 1.82) is 0 Å². The van der Waals surface area contributed by atoms with Crippen molar-refractivity contribution in [2.75, 3.05) is 18.6 Å². The third-order valence-electron chi connectivity index (χ3n) is 2.44. The van der Waals surface area contributed by atoms with Crippen molar-refractivity contribution in [2.45, 2.75) is 19.9 Å². The molecule has 0 amide bonds. The number of ether oxygens (including phenoxy) is 1. The fourth-order valence-corrected chi connectivity index (χ4v) is 2.71. The highest BCUT2D eigenvalue weighted by Gasteiger charge is 2.19. The number of nitrogens with zero attached hydrogens (tertiary/aromatic N) is 2. The number of nitrogens with two attached hydrogens (primary N) is 1. The summed E-state index contributed by atoms with van der Waals surface area (Å²) >= 11 is 1.88. The van der Waals surface area contributed by atoms with Crippen LogP contribution in [-0.2, 0) is 7.05 Å². The summed E-state index contributed by atoms with van der Waals surface area (Å²) in [5.41, 5.74) is 3.82. The van der Waals surface area contributed by atoms with Crippen LogP contribution in [0.3, 0.4) is 0 Å². The zero-order valence-electron chi connectivity index (χ0n) is 10.9. The zero-order valence-corrected chi connectivity index (χ0v) is 11.8. The number of hydrazine groups is 1. The van der Waals surface area contributed by atoms with Gasteiger partial charge in [-0.15, -0.1) is 0 Å². The summed E-state index contributed by atoms with van der Waals surface area (Å²) in [6.45, 7) is 4.42. The lowest BCUT2D eigenvalue weighted by molar-refractivity contribution is 0.399. The van der Waals surface area contributed by atoms with Crippen LogP contribution in [0.1, 0.15) is 25.6 Å². The monoisotopic (exact) mass is 258 g/mol. The van der Waals surface area contributed by atoms with Crippen molar-refractivity contribution < 1.29 is 4.74 Å². The molecule has 1 unspecified atom stereocenters. The quantitative estimate of drug-likeness (QED) is 0.570. The van der Waals surface area contributed by atoms with E-state index in [4.69, 9.17) is 10.6 Å². The Labute approximate surface area is 107 Å². The minimum absolute atomic E-state index is 0.0567. The van der Waals surface area contributed by atoms with Gasteiger partial charge >= 0.3 is 0 Å². The molecule has 3 N–H and O–H groups in total. The van der Waals surface area contributed by atoms with Crippen LogP contribution in [0.2, 0.25) is 0 Å². The fourth-order valence-electron chi connectivity index (χ4n) is 1.61. The maximum absolute atomic E-state index is 5.61. The van der Waals surface area contributed by atoms with Gasteiger partial charge in [-0.1, -0.05) is 13.8 Å². The van der Waals surface area contributed by atoms with Gasteiger partial charge in [0.15, 0.2) is 5.75 Å². The fraction of sp³-hybridized carbons (Fsp3) is 0.727. The van der Waals surface area contributed by atoms with Gasteiger partial charge in [-0.3, -0.25) is 16.0 Å². The molecule has 1 rings (SSSR count). The highest BCUT2D eigenvalue weighted by Crippen LogP contribution is 2.26.